The monoisotopic (exact) mass is 354 g/mol. The number of hydrogen-bond acceptors (Lipinski definition) is 7. The summed E-state index contributed by atoms with van der Waals surface area (Å²) in [5, 5.41) is 13.9. The van der Waals surface area contributed by atoms with Crippen molar-refractivity contribution in [3.63, 3.8) is 0 Å². The molecule has 0 aliphatic carbocycles. The number of aliphatic hydroxyl groups is 1. The van der Waals surface area contributed by atoms with E-state index >= 15 is 0 Å². The Hall–Kier alpha value is -2.10. The second-order valence-electron chi connectivity index (χ2n) is 5.47. The van der Waals surface area contributed by atoms with Gasteiger partial charge >= 0.3 is 0 Å². The van der Waals surface area contributed by atoms with Crippen molar-refractivity contribution in [2.24, 2.45) is 0 Å². The molecule has 2 aromatic rings. The van der Waals surface area contributed by atoms with Crippen molar-refractivity contribution in [2.75, 3.05) is 13.3 Å². The van der Waals surface area contributed by atoms with Crippen LogP contribution in [0.3, 0.4) is 0 Å². The summed E-state index contributed by atoms with van der Waals surface area (Å²) in [6, 6.07) is 5.13. The van der Waals surface area contributed by atoms with Crippen LogP contribution in [0.4, 0.5) is 0 Å². The first-order valence-electron chi connectivity index (χ1n) is 7.38. The standard InChI is InChI=1S/C15H18N2O6S/c1-9-15(10(2)23-17-9)24(19,20)16-6-5-12(18)11-3-4-13-14(7-11)22-8-21-13/h3-4,7,12,16,18H,5-6,8H2,1-2H3/t12-/m0/s1. The summed E-state index contributed by atoms with van der Waals surface area (Å²) < 4.78 is 42.4. The third-order valence-electron chi connectivity index (χ3n) is 3.73. The van der Waals surface area contributed by atoms with E-state index in [1.165, 1.54) is 6.92 Å². The molecule has 0 bridgehead atoms. The van der Waals surface area contributed by atoms with Gasteiger partial charge in [0.25, 0.3) is 0 Å². The number of hydrogen-bond donors (Lipinski definition) is 2. The number of ether oxygens (including phenoxy) is 2. The number of aromatic nitrogens is 1. The molecule has 0 amide bonds. The second kappa shape index (κ2) is 6.42. The average molecular weight is 354 g/mol. The highest BCUT2D eigenvalue weighted by molar-refractivity contribution is 7.89. The molecule has 1 atom stereocenters. The van der Waals surface area contributed by atoms with Gasteiger partial charge in [-0.25, -0.2) is 13.1 Å². The maximum absolute atomic E-state index is 12.3. The molecule has 0 unspecified atom stereocenters. The van der Waals surface area contributed by atoms with Gasteiger partial charge in [0.15, 0.2) is 17.3 Å². The van der Waals surface area contributed by atoms with Gasteiger partial charge in [-0.15, -0.1) is 0 Å². The number of fused-ring (bicyclic) bond motifs is 1. The minimum Gasteiger partial charge on any atom is -0.454 e. The van der Waals surface area contributed by atoms with Crippen molar-refractivity contribution in [2.45, 2.75) is 31.3 Å². The summed E-state index contributed by atoms with van der Waals surface area (Å²) in [7, 11) is -3.73. The lowest BCUT2D eigenvalue weighted by Gasteiger charge is -2.12. The molecule has 130 valence electrons. The second-order valence-corrected chi connectivity index (χ2v) is 7.17. The normalized spacial score (nSPS) is 14.8. The number of nitrogens with one attached hydrogen (secondary N) is 1. The summed E-state index contributed by atoms with van der Waals surface area (Å²) in [5.74, 6) is 1.43. The van der Waals surface area contributed by atoms with E-state index in [0.29, 0.717) is 22.8 Å². The van der Waals surface area contributed by atoms with Crippen LogP contribution in [0.1, 0.15) is 29.5 Å². The molecule has 0 fully saturated rings. The molecular weight excluding hydrogens is 336 g/mol. The van der Waals surface area contributed by atoms with Gasteiger partial charge in [0, 0.05) is 6.54 Å². The highest BCUT2D eigenvalue weighted by atomic mass is 32.2. The number of sulfonamides is 1. The molecule has 0 saturated heterocycles. The Kier molecular flexibility index (Phi) is 4.48. The van der Waals surface area contributed by atoms with E-state index in [4.69, 9.17) is 14.0 Å². The summed E-state index contributed by atoms with van der Waals surface area (Å²) in [6.45, 7) is 3.33. The predicted molar refractivity (Wildman–Crippen MR) is 83.3 cm³/mol. The molecular formula is C15H18N2O6S. The Balaban J connectivity index is 1.62. The first-order valence-corrected chi connectivity index (χ1v) is 8.87. The number of aliphatic hydroxyl groups excluding tert-OH is 1. The minimum atomic E-state index is -3.73. The fraction of sp³-hybridized carbons (Fsp3) is 0.400. The third kappa shape index (κ3) is 3.23. The van der Waals surface area contributed by atoms with Gasteiger partial charge in [-0.2, -0.15) is 0 Å². The first kappa shape index (κ1) is 16.7. The lowest BCUT2D eigenvalue weighted by atomic mass is 10.1. The molecule has 8 nitrogen and oxygen atoms in total. The molecule has 1 aromatic carbocycles. The van der Waals surface area contributed by atoms with Gasteiger partial charge in [-0.3, -0.25) is 0 Å². The maximum Gasteiger partial charge on any atom is 0.245 e. The van der Waals surface area contributed by atoms with Crippen molar-refractivity contribution in [1.82, 2.24) is 9.88 Å². The fourth-order valence-corrected chi connectivity index (χ4v) is 3.92. The molecule has 2 N–H and O–H groups in total. The van der Waals surface area contributed by atoms with Gasteiger partial charge in [0.1, 0.15) is 10.6 Å². The highest BCUT2D eigenvalue weighted by Gasteiger charge is 2.24. The molecule has 1 aliphatic heterocycles. The Morgan fingerprint density at radius 2 is 2.04 bits per heavy atom. The summed E-state index contributed by atoms with van der Waals surface area (Å²) >= 11 is 0. The lowest BCUT2D eigenvalue weighted by molar-refractivity contribution is 0.166. The fourth-order valence-electron chi connectivity index (χ4n) is 2.55. The molecule has 2 heterocycles. The maximum atomic E-state index is 12.3. The minimum absolute atomic E-state index is 0.0417. The third-order valence-corrected chi connectivity index (χ3v) is 5.43. The molecule has 0 radical (unpaired) electrons. The molecule has 24 heavy (non-hydrogen) atoms. The van der Waals surface area contributed by atoms with Gasteiger partial charge < -0.3 is 19.1 Å². The topological polar surface area (TPSA) is 111 Å². The van der Waals surface area contributed by atoms with Crippen molar-refractivity contribution >= 4 is 10.0 Å². The van der Waals surface area contributed by atoms with Crippen molar-refractivity contribution < 1.29 is 27.5 Å². The van der Waals surface area contributed by atoms with E-state index in [1.54, 1.807) is 25.1 Å². The van der Waals surface area contributed by atoms with Crippen molar-refractivity contribution in [1.29, 1.82) is 0 Å². The largest absolute Gasteiger partial charge is 0.454 e. The Bertz CT molecular complexity index is 826. The molecule has 0 spiro atoms. The lowest BCUT2D eigenvalue weighted by Crippen LogP contribution is -2.26. The summed E-state index contributed by atoms with van der Waals surface area (Å²) in [4.78, 5) is 0.0417. The van der Waals surface area contributed by atoms with E-state index in [1.807, 2.05) is 0 Å². The zero-order valence-electron chi connectivity index (χ0n) is 13.3. The smallest absolute Gasteiger partial charge is 0.245 e. The number of nitrogens with zero attached hydrogens (tertiary/aromatic N) is 1. The molecule has 3 rings (SSSR count). The van der Waals surface area contributed by atoms with Crippen LogP contribution in [0.25, 0.3) is 0 Å². The van der Waals surface area contributed by atoms with Crippen LogP contribution in [0, 0.1) is 13.8 Å². The van der Waals surface area contributed by atoms with Gasteiger partial charge in [0.05, 0.1) is 6.10 Å². The van der Waals surface area contributed by atoms with Crippen LogP contribution in [0.5, 0.6) is 11.5 Å². The molecule has 1 aromatic heterocycles. The van der Waals surface area contributed by atoms with Crippen molar-refractivity contribution in [3.8, 4) is 11.5 Å². The van der Waals surface area contributed by atoms with E-state index in [-0.39, 0.29) is 30.4 Å². The first-order chi connectivity index (χ1) is 11.4. The zero-order chi connectivity index (χ0) is 17.3. The van der Waals surface area contributed by atoms with Gasteiger partial charge in [-0.05, 0) is 38.0 Å². The quantitative estimate of drug-likeness (QED) is 0.807. The summed E-state index contributed by atoms with van der Waals surface area (Å²) in [6.07, 6.45) is -0.616. The van der Waals surface area contributed by atoms with Gasteiger partial charge in [-0.1, -0.05) is 11.2 Å². The zero-order valence-corrected chi connectivity index (χ0v) is 14.1. The van der Waals surface area contributed by atoms with E-state index in [9.17, 15) is 13.5 Å². The SMILES string of the molecule is Cc1noc(C)c1S(=O)(=O)NCC[C@H](O)c1ccc2c(c1)OCO2. The molecule has 0 saturated carbocycles. The molecule has 9 heteroatoms. The van der Waals surface area contributed by atoms with E-state index in [2.05, 4.69) is 9.88 Å². The highest BCUT2D eigenvalue weighted by Crippen LogP contribution is 2.34. The van der Waals surface area contributed by atoms with Crippen LogP contribution in [0.15, 0.2) is 27.6 Å². The van der Waals surface area contributed by atoms with Crippen LogP contribution >= 0.6 is 0 Å². The van der Waals surface area contributed by atoms with Crippen LogP contribution in [-0.4, -0.2) is 32.0 Å². The summed E-state index contributed by atoms with van der Waals surface area (Å²) in [5.41, 5.74) is 0.937. The van der Waals surface area contributed by atoms with E-state index < -0.39 is 16.1 Å². The number of rotatable bonds is 6. The Morgan fingerprint density at radius 3 is 2.75 bits per heavy atom. The van der Waals surface area contributed by atoms with Crippen LogP contribution < -0.4 is 14.2 Å². The van der Waals surface area contributed by atoms with E-state index in [0.717, 1.165) is 0 Å². The molecule has 1 aliphatic rings. The number of benzene rings is 1. The Labute approximate surface area is 139 Å². The van der Waals surface area contributed by atoms with Crippen LogP contribution in [-0.2, 0) is 10.0 Å². The van der Waals surface area contributed by atoms with Crippen LogP contribution in [0.2, 0.25) is 0 Å². The Morgan fingerprint density at radius 1 is 1.29 bits per heavy atom. The van der Waals surface area contributed by atoms with Gasteiger partial charge in [0.2, 0.25) is 16.8 Å². The average Bonchev–Trinajstić information content (AvgIpc) is 3.12. The van der Waals surface area contributed by atoms with Crippen molar-refractivity contribution in [3.05, 3.63) is 35.2 Å². The number of aryl methyl sites for hydroxylation is 2. The predicted octanol–water partition coefficient (Wildman–Crippen LogP) is 1.42.